The Morgan fingerprint density at radius 2 is 2.19 bits per heavy atom. The minimum Gasteiger partial charge on any atom is -0.308 e. The maximum absolute atomic E-state index is 6.49. The molecule has 2 unspecified atom stereocenters. The van der Waals surface area contributed by atoms with Gasteiger partial charge in [-0.2, -0.15) is 5.10 Å². The molecule has 0 amide bonds. The van der Waals surface area contributed by atoms with Crippen molar-refractivity contribution in [2.75, 3.05) is 6.54 Å². The zero-order chi connectivity index (χ0) is 15.5. The highest BCUT2D eigenvalue weighted by Gasteiger charge is 2.39. The van der Waals surface area contributed by atoms with E-state index in [2.05, 4.69) is 42.8 Å². The summed E-state index contributed by atoms with van der Waals surface area (Å²) in [5, 5.41) is 9.03. The first-order valence-corrected chi connectivity index (χ1v) is 8.83. The molecule has 21 heavy (non-hydrogen) atoms. The summed E-state index contributed by atoms with van der Waals surface area (Å²) in [6.45, 7) is 11.1. The van der Waals surface area contributed by atoms with E-state index in [0.717, 1.165) is 24.5 Å². The van der Waals surface area contributed by atoms with Crippen molar-refractivity contribution in [3.8, 4) is 0 Å². The summed E-state index contributed by atoms with van der Waals surface area (Å²) >= 11 is 6.49. The largest absolute Gasteiger partial charge is 0.308 e. The van der Waals surface area contributed by atoms with Crippen LogP contribution in [0.3, 0.4) is 0 Å². The van der Waals surface area contributed by atoms with E-state index >= 15 is 0 Å². The van der Waals surface area contributed by atoms with Crippen molar-refractivity contribution < 1.29 is 0 Å². The molecule has 1 aliphatic rings. The predicted octanol–water partition coefficient (Wildman–Crippen LogP) is 4.81. The average molecular weight is 312 g/mol. The fourth-order valence-corrected chi connectivity index (χ4v) is 4.06. The van der Waals surface area contributed by atoms with Gasteiger partial charge in [0.05, 0.1) is 23.0 Å². The number of halogens is 1. The van der Waals surface area contributed by atoms with E-state index in [-0.39, 0.29) is 0 Å². The van der Waals surface area contributed by atoms with Crippen LogP contribution in [0, 0.1) is 11.3 Å². The smallest absolute Gasteiger partial charge is 0.0834 e. The van der Waals surface area contributed by atoms with Crippen molar-refractivity contribution in [1.29, 1.82) is 0 Å². The van der Waals surface area contributed by atoms with E-state index < -0.39 is 0 Å². The van der Waals surface area contributed by atoms with Crippen molar-refractivity contribution in [3.05, 3.63) is 16.9 Å². The van der Waals surface area contributed by atoms with Crippen molar-refractivity contribution in [2.24, 2.45) is 11.3 Å². The molecule has 0 spiro atoms. The third-order valence-electron chi connectivity index (χ3n) is 5.03. The lowest BCUT2D eigenvalue weighted by Gasteiger charge is -2.43. The molecule has 0 aliphatic heterocycles. The van der Waals surface area contributed by atoms with Crippen LogP contribution in [0.25, 0.3) is 0 Å². The molecule has 1 aromatic heterocycles. The molecule has 1 fully saturated rings. The van der Waals surface area contributed by atoms with E-state index in [0.29, 0.717) is 17.4 Å². The second-order valence-corrected chi connectivity index (χ2v) is 7.37. The fraction of sp³-hybridized carbons (Fsp3) is 0.824. The van der Waals surface area contributed by atoms with E-state index in [4.69, 9.17) is 11.6 Å². The van der Waals surface area contributed by atoms with Gasteiger partial charge in [0, 0.05) is 6.54 Å². The van der Waals surface area contributed by atoms with Crippen LogP contribution >= 0.6 is 11.6 Å². The number of nitrogens with zero attached hydrogens (tertiary/aromatic N) is 2. The Kier molecular flexibility index (Phi) is 5.73. The zero-order valence-corrected chi connectivity index (χ0v) is 14.7. The van der Waals surface area contributed by atoms with Gasteiger partial charge in [-0.05, 0) is 44.1 Å². The van der Waals surface area contributed by atoms with Crippen molar-refractivity contribution in [2.45, 2.75) is 72.4 Å². The van der Waals surface area contributed by atoms with Crippen LogP contribution in [-0.2, 0) is 6.54 Å². The molecule has 120 valence electrons. The second-order valence-electron chi connectivity index (χ2n) is 6.97. The molecule has 4 heteroatoms. The van der Waals surface area contributed by atoms with Gasteiger partial charge in [0.25, 0.3) is 0 Å². The normalized spacial score (nSPS) is 23.2. The van der Waals surface area contributed by atoms with Gasteiger partial charge in [-0.15, -0.1) is 0 Å². The SMILES string of the molecule is CCCNC(c1c(Cl)cnn1CC)C1CCCCC1(C)C. The standard InChI is InChI=1S/C17H30ClN3/c1-5-11-19-15(13-9-7-8-10-17(13,3)4)16-14(18)12-20-21(16)6-2/h12-13,15,19H,5-11H2,1-4H3. The molecule has 2 atom stereocenters. The molecular formula is C17H30ClN3. The molecule has 2 rings (SSSR count). The van der Waals surface area contributed by atoms with Crippen molar-refractivity contribution >= 4 is 11.6 Å². The van der Waals surface area contributed by atoms with Gasteiger partial charge in [-0.3, -0.25) is 4.68 Å². The van der Waals surface area contributed by atoms with Gasteiger partial charge in [0.2, 0.25) is 0 Å². The lowest BCUT2D eigenvalue weighted by Crippen LogP contribution is -2.40. The minimum absolute atomic E-state index is 0.315. The Labute approximate surface area is 134 Å². The van der Waals surface area contributed by atoms with Crippen molar-refractivity contribution in [1.82, 2.24) is 15.1 Å². The Bertz CT molecular complexity index is 453. The monoisotopic (exact) mass is 311 g/mol. The minimum atomic E-state index is 0.315. The Morgan fingerprint density at radius 1 is 1.43 bits per heavy atom. The fourth-order valence-electron chi connectivity index (χ4n) is 3.80. The van der Waals surface area contributed by atoms with Crippen LogP contribution in [0.2, 0.25) is 5.02 Å². The molecule has 0 radical (unpaired) electrons. The number of hydrogen-bond acceptors (Lipinski definition) is 2. The molecule has 1 heterocycles. The van der Waals surface area contributed by atoms with E-state index in [1.165, 1.54) is 31.4 Å². The number of aryl methyl sites for hydroxylation is 1. The Morgan fingerprint density at radius 3 is 2.81 bits per heavy atom. The quantitative estimate of drug-likeness (QED) is 0.816. The first-order chi connectivity index (χ1) is 10.0. The van der Waals surface area contributed by atoms with Crippen LogP contribution in [0.5, 0.6) is 0 Å². The summed E-state index contributed by atoms with van der Waals surface area (Å²) in [4.78, 5) is 0. The molecule has 1 N–H and O–H groups in total. The van der Waals surface area contributed by atoms with Crippen LogP contribution in [0.4, 0.5) is 0 Å². The number of rotatable bonds is 6. The average Bonchev–Trinajstić information content (AvgIpc) is 2.82. The summed E-state index contributed by atoms with van der Waals surface area (Å²) in [5.74, 6) is 0.622. The zero-order valence-electron chi connectivity index (χ0n) is 14.0. The summed E-state index contributed by atoms with van der Waals surface area (Å²) in [6.07, 6.45) is 8.21. The molecule has 1 aromatic rings. The first kappa shape index (κ1) is 16.8. The number of nitrogens with one attached hydrogen (secondary N) is 1. The lowest BCUT2D eigenvalue weighted by atomic mass is 9.65. The summed E-state index contributed by atoms with van der Waals surface area (Å²) in [5.41, 5.74) is 1.54. The highest BCUT2D eigenvalue weighted by atomic mass is 35.5. The number of hydrogen-bond donors (Lipinski definition) is 1. The van der Waals surface area contributed by atoms with Crippen molar-refractivity contribution in [3.63, 3.8) is 0 Å². The first-order valence-electron chi connectivity index (χ1n) is 8.45. The Balaban J connectivity index is 2.35. The molecule has 3 nitrogen and oxygen atoms in total. The summed E-state index contributed by atoms with van der Waals surface area (Å²) < 4.78 is 2.07. The van der Waals surface area contributed by atoms with Gasteiger partial charge < -0.3 is 5.32 Å². The van der Waals surface area contributed by atoms with E-state index in [1.807, 2.05) is 0 Å². The summed E-state index contributed by atoms with van der Waals surface area (Å²) in [6, 6.07) is 0.315. The highest BCUT2D eigenvalue weighted by molar-refractivity contribution is 6.31. The lowest BCUT2D eigenvalue weighted by molar-refractivity contribution is 0.0947. The second kappa shape index (κ2) is 7.15. The third kappa shape index (κ3) is 3.62. The molecule has 0 aromatic carbocycles. The molecule has 0 bridgehead atoms. The maximum Gasteiger partial charge on any atom is 0.0834 e. The van der Waals surface area contributed by atoms with Crippen LogP contribution in [0.1, 0.15) is 71.5 Å². The van der Waals surface area contributed by atoms with Gasteiger partial charge in [-0.1, -0.05) is 45.2 Å². The number of aromatic nitrogens is 2. The van der Waals surface area contributed by atoms with Gasteiger partial charge in [0.1, 0.15) is 0 Å². The predicted molar refractivity (Wildman–Crippen MR) is 89.7 cm³/mol. The van der Waals surface area contributed by atoms with Gasteiger partial charge in [0.15, 0.2) is 0 Å². The Hall–Kier alpha value is -0.540. The molecule has 1 saturated carbocycles. The van der Waals surface area contributed by atoms with E-state index in [1.54, 1.807) is 6.20 Å². The highest BCUT2D eigenvalue weighted by Crippen LogP contribution is 2.47. The van der Waals surface area contributed by atoms with E-state index in [9.17, 15) is 0 Å². The third-order valence-corrected chi connectivity index (χ3v) is 5.33. The molecule has 0 saturated heterocycles. The van der Waals surface area contributed by atoms with Crippen LogP contribution in [-0.4, -0.2) is 16.3 Å². The molecular weight excluding hydrogens is 282 g/mol. The van der Waals surface area contributed by atoms with Gasteiger partial charge >= 0.3 is 0 Å². The van der Waals surface area contributed by atoms with Crippen LogP contribution < -0.4 is 5.32 Å². The molecule has 1 aliphatic carbocycles. The van der Waals surface area contributed by atoms with Gasteiger partial charge in [-0.25, -0.2) is 0 Å². The maximum atomic E-state index is 6.49. The summed E-state index contributed by atoms with van der Waals surface area (Å²) in [7, 11) is 0. The van der Waals surface area contributed by atoms with Crippen LogP contribution in [0.15, 0.2) is 6.20 Å². The topological polar surface area (TPSA) is 29.9 Å².